The number of aromatic nitrogens is 3. The molecule has 0 saturated heterocycles. The summed E-state index contributed by atoms with van der Waals surface area (Å²) in [7, 11) is 0. The number of aromatic amines is 1. The van der Waals surface area contributed by atoms with E-state index < -0.39 is 0 Å². The molecule has 4 rings (SSSR count). The van der Waals surface area contributed by atoms with E-state index in [1.807, 2.05) is 85.8 Å². The van der Waals surface area contributed by atoms with Gasteiger partial charge in [0.2, 0.25) is 4.77 Å². The Morgan fingerprint density at radius 3 is 2.57 bits per heavy atom. The molecule has 0 aliphatic carbocycles. The summed E-state index contributed by atoms with van der Waals surface area (Å²) < 4.78 is 13.5. The van der Waals surface area contributed by atoms with Crippen molar-refractivity contribution >= 4 is 18.4 Å². The number of para-hydroxylation sites is 1. The van der Waals surface area contributed by atoms with Crippen molar-refractivity contribution in [1.29, 1.82) is 0 Å². The Morgan fingerprint density at radius 2 is 1.73 bits per heavy atom. The average molecular weight is 417 g/mol. The number of nitrogens with zero attached hydrogens (tertiary/aromatic N) is 3. The van der Waals surface area contributed by atoms with Gasteiger partial charge in [-0.2, -0.15) is 14.9 Å². The van der Waals surface area contributed by atoms with Crippen LogP contribution >= 0.6 is 12.2 Å². The predicted molar refractivity (Wildman–Crippen MR) is 120 cm³/mol. The molecule has 0 radical (unpaired) electrons. The van der Waals surface area contributed by atoms with Gasteiger partial charge >= 0.3 is 0 Å². The van der Waals surface area contributed by atoms with Gasteiger partial charge in [-0.3, -0.25) is 0 Å². The van der Waals surface area contributed by atoms with Gasteiger partial charge in [0.05, 0.1) is 12.8 Å². The minimum atomic E-state index is 0.403. The van der Waals surface area contributed by atoms with Gasteiger partial charge in [0.15, 0.2) is 5.82 Å². The molecule has 0 saturated carbocycles. The second-order valence-electron chi connectivity index (χ2n) is 6.36. The Labute approximate surface area is 179 Å². The highest BCUT2D eigenvalue weighted by Crippen LogP contribution is 2.23. The number of hydrogen-bond acceptors (Lipinski definition) is 5. The van der Waals surface area contributed by atoms with Crippen LogP contribution in [0.3, 0.4) is 0 Å². The van der Waals surface area contributed by atoms with E-state index in [4.69, 9.17) is 21.7 Å². The van der Waals surface area contributed by atoms with Gasteiger partial charge < -0.3 is 9.47 Å². The van der Waals surface area contributed by atoms with Crippen LogP contribution in [0.4, 0.5) is 0 Å². The lowest BCUT2D eigenvalue weighted by Gasteiger charge is -2.06. The molecule has 0 aliphatic heterocycles. The zero-order valence-electron chi connectivity index (χ0n) is 16.4. The zero-order valence-corrected chi connectivity index (χ0v) is 17.2. The SMILES string of the molecule is CCOc1cccc(-c2n[nH]c(=S)n2N=Cc2cccc(Oc3ccccc3)c2)c1. The van der Waals surface area contributed by atoms with E-state index in [0.717, 1.165) is 28.4 Å². The van der Waals surface area contributed by atoms with E-state index in [1.165, 1.54) is 0 Å². The quantitative estimate of drug-likeness (QED) is 0.311. The fourth-order valence-corrected chi connectivity index (χ4v) is 3.06. The third kappa shape index (κ3) is 4.64. The number of rotatable bonds is 7. The topological polar surface area (TPSA) is 64.4 Å². The van der Waals surface area contributed by atoms with E-state index in [2.05, 4.69) is 15.3 Å². The van der Waals surface area contributed by atoms with E-state index in [9.17, 15) is 0 Å². The van der Waals surface area contributed by atoms with Crippen LogP contribution < -0.4 is 9.47 Å². The summed E-state index contributed by atoms with van der Waals surface area (Å²) >= 11 is 5.36. The highest BCUT2D eigenvalue weighted by molar-refractivity contribution is 7.71. The molecule has 3 aromatic carbocycles. The zero-order chi connectivity index (χ0) is 20.8. The average Bonchev–Trinajstić information content (AvgIpc) is 3.14. The van der Waals surface area contributed by atoms with Crippen molar-refractivity contribution in [2.45, 2.75) is 6.92 Å². The first-order chi connectivity index (χ1) is 14.7. The van der Waals surface area contributed by atoms with Gasteiger partial charge in [-0.15, -0.1) is 0 Å². The van der Waals surface area contributed by atoms with Crippen LogP contribution in [-0.2, 0) is 0 Å². The lowest BCUT2D eigenvalue weighted by Crippen LogP contribution is -1.96. The van der Waals surface area contributed by atoms with Crippen LogP contribution in [0.15, 0.2) is 84.0 Å². The molecule has 0 bridgehead atoms. The number of benzene rings is 3. The summed E-state index contributed by atoms with van der Waals surface area (Å²) in [5, 5.41) is 11.7. The molecular formula is C23H20N4O2S. The van der Waals surface area contributed by atoms with E-state index in [0.29, 0.717) is 17.2 Å². The first kappa shape index (κ1) is 19.6. The van der Waals surface area contributed by atoms with Crippen LogP contribution in [0.5, 0.6) is 17.2 Å². The van der Waals surface area contributed by atoms with E-state index >= 15 is 0 Å². The smallest absolute Gasteiger partial charge is 0.216 e. The number of hydrogen-bond donors (Lipinski definition) is 1. The summed E-state index contributed by atoms with van der Waals surface area (Å²) in [6, 6.07) is 25.0. The highest BCUT2D eigenvalue weighted by Gasteiger charge is 2.09. The number of ether oxygens (including phenoxy) is 2. The van der Waals surface area contributed by atoms with Crippen molar-refractivity contribution in [1.82, 2.24) is 14.9 Å². The van der Waals surface area contributed by atoms with Crippen LogP contribution in [0, 0.1) is 4.77 Å². The molecule has 1 N–H and O–H groups in total. The summed E-state index contributed by atoms with van der Waals surface area (Å²) in [5.41, 5.74) is 1.73. The molecule has 150 valence electrons. The molecule has 0 spiro atoms. The molecule has 0 unspecified atom stereocenters. The van der Waals surface area contributed by atoms with Crippen LogP contribution in [0.1, 0.15) is 12.5 Å². The Bertz CT molecular complexity index is 1220. The van der Waals surface area contributed by atoms with Gasteiger partial charge in [-0.25, -0.2) is 5.10 Å². The lowest BCUT2D eigenvalue weighted by molar-refractivity contribution is 0.340. The molecule has 0 aliphatic rings. The van der Waals surface area contributed by atoms with Gasteiger partial charge in [-0.05, 0) is 61.1 Å². The Balaban J connectivity index is 1.60. The number of H-pyrrole nitrogens is 1. The van der Waals surface area contributed by atoms with Gasteiger partial charge in [-0.1, -0.05) is 42.5 Å². The van der Waals surface area contributed by atoms with Crippen molar-refractivity contribution in [3.05, 3.63) is 89.2 Å². The Hall–Kier alpha value is -3.71. The summed E-state index contributed by atoms with van der Waals surface area (Å²) in [6.45, 7) is 2.54. The summed E-state index contributed by atoms with van der Waals surface area (Å²) in [5.74, 6) is 2.88. The largest absolute Gasteiger partial charge is 0.494 e. The van der Waals surface area contributed by atoms with Crippen molar-refractivity contribution in [2.24, 2.45) is 5.10 Å². The van der Waals surface area contributed by atoms with Gasteiger partial charge in [0.1, 0.15) is 17.2 Å². The molecule has 6 nitrogen and oxygen atoms in total. The minimum Gasteiger partial charge on any atom is -0.494 e. The third-order valence-corrected chi connectivity index (χ3v) is 4.48. The second-order valence-corrected chi connectivity index (χ2v) is 6.74. The van der Waals surface area contributed by atoms with Crippen molar-refractivity contribution < 1.29 is 9.47 Å². The Kier molecular flexibility index (Phi) is 6.01. The maximum atomic E-state index is 5.89. The Morgan fingerprint density at radius 1 is 0.967 bits per heavy atom. The molecular weight excluding hydrogens is 396 g/mol. The molecule has 1 heterocycles. The monoisotopic (exact) mass is 416 g/mol. The first-order valence-electron chi connectivity index (χ1n) is 9.51. The number of nitrogens with one attached hydrogen (secondary N) is 1. The van der Waals surface area contributed by atoms with Crippen molar-refractivity contribution in [3.63, 3.8) is 0 Å². The van der Waals surface area contributed by atoms with E-state index in [1.54, 1.807) is 10.9 Å². The molecule has 0 atom stereocenters. The fourth-order valence-electron chi connectivity index (χ4n) is 2.88. The van der Waals surface area contributed by atoms with Crippen molar-refractivity contribution in [3.8, 4) is 28.6 Å². The lowest BCUT2D eigenvalue weighted by atomic mass is 10.2. The summed E-state index contributed by atoms with van der Waals surface area (Å²) in [6.07, 6.45) is 1.72. The minimum absolute atomic E-state index is 0.403. The maximum Gasteiger partial charge on any atom is 0.216 e. The van der Waals surface area contributed by atoms with E-state index in [-0.39, 0.29) is 0 Å². The van der Waals surface area contributed by atoms with Crippen LogP contribution in [0.2, 0.25) is 0 Å². The molecule has 7 heteroatoms. The standard InChI is InChI=1S/C23H20N4O2S/c1-2-28-20-12-7-9-18(15-20)22-25-26-23(30)27(22)24-16-17-8-6-13-21(14-17)29-19-10-4-3-5-11-19/h3-16H,2H2,1H3,(H,26,30). The molecule has 1 aromatic heterocycles. The van der Waals surface area contributed by atoms with Crippen LogP contribution in [0.25, 0.3) is 11.4 Å². The normalized spacial score (nSPS) is 11.0. The van der Waals surface area contributed by atoms with Gasteiger partial charge in [0.25, 0.3) is 0 Å². The third-order valence-electron chi connectivity index (χ3n) is 4.21. The fraction of sp³-hybridized carbons (Fsp3) is 0.0870. The molecule has 0 amide bonds. The second kappa shape index (κ2) is 9.19. The molecule has 0 fully saturated rings. The van der Waals surface area contributed by atoms with Crippen LogP contribution in [-0.4, -0.2) is 27.7 Å². The van der Waals surface area contributed by atoms with Crippen molar-refractivity contribution in [2.75, 3.05) is 6.61 Å². The molecule has 4 aromatic rings. The van der Waals surface area contributed by atoms with Gasteiger partial charge in [0, 0.05) is 5.56 Å². The first-order valence-corrected chi connectivity index (χ1v) is 9.92. The summed E-state index contributed by atoms with van der Waals surface area (Å²) in [4.78, 5) is 0. The highest BCUT2D eigenvalue weighted by atomic mass is 32.1. The maximum absolute atomic E-state index is 5.89. The molecule has 30 heavy (non-hydrogen) atoms. The predicted octanol–water partition coefficient (Wildman–Crippen LogP) is 5.68.